The molecule has 0 spiro atoms. The average Bonchev–Trinajstić information content (AvgIpc) is 2.61. The lowest BCUT2D eigenvalue weighted by Gasteiger charge is -2.25. The minimum absolute atomic E-state index is 0.00757. The Bertz CT molecular complexity index is 672. The zero-order chi connectivity index (χ0) is 16.8. The normalized spacial score (nSPS) is 18.8. The SMILES string of the molecule is O=C(CC1COCCN1)NC(c1ccccc1)c1cccc(Cl)c1. The topological polar surface area (TPSA) is 50.4 Å². The maximum atomic E-state index is 12.5. The van der Waals surface area contributed by atoms with Gasteiger partial charge in [-0.05, 0) is 23.3 Å². The number of amides is 1. The van der Waals surface area contributed by atoms with Crippen LogP contribution in [0.25, 0.3) is 0 Å². The van der Waals surface area contributed by atoms with Crippen LogP contribution in [0.3, 0.4) is 0 Å². The van der Waals surface area contributed by atoms with Gasteiger partial charge in [0.25, 0.3) is 0 Å². The zero-order valence-corrected chi connectivity index (χ0v) is 14.1. The number of hydrogen-bond acceptors (Lipinski definition) is 3. The number of carbonyl (C=O) groups excluding carboxylic acids is 1. The number of morpholine rings is 1. The molecule has 4 nitrogen and oxygen atoms in total. The summed E-state index contributed by atoms with van der Waals surface area (Å²) >= 11 is 6.13. The van der Waals surface area contributed by atoms with Gasteiger partial charge in [0.2, 0.25) is 5.91 Å². The molecule has 1 fully saturated rings. The van der Waals surface area contributed by atoms with E-state index in [1.165, 1.54) is 0 Å². The van der Waals surface area contributed by atoms with Crippen molar-refractivity contribution in [2.75, 3.05) is 19.8 Å². The fraction of sp³-hybridized carbons (Fsp3) is 0.316. The van der Waals surface area contributed by atoms with Crippen LogP contribution in [-0.2, 0) is 9.53 Å². The van der Waals surface area contributed by atoms with E-state index in [0.717, 1.165) is 17.7 Å². The minimum Gasteiger partial charge on any atom is -0.378 e. The molecule has 2 aromatic carbocycles. The second-order valence-corrected chi connectivity index (χ2v) is 6.33. The summed E-state index contributed by atoms with van der Waals surface area (Å²) in [6, 6.07) is 17.4. The van der Waals surface area contributed by atoms with Crippen molar-refractivity contribution in [3.63, 3.8) is 0 Å². The van der Waals surface area contributed by atoms with Gasteiger partial charge in [0.1, 0.15) is 0 Å². The van der Waals surface area contributed by atoms with E-state index in [9.17, 15) is 4.79 Å². The van der Waals surface area contributed by atoms with E-state index in [1.54, 1.807) is 0 Å². The molecule has 1 saturated heterocycles. The van der Waals surface area contributed by atoms with Gasteiger partial charge in [-0.3, -0.25) is 4.79 Å². The summed E-state index contributed by atoms with van der Waals surface area (Å²) in [7, 11) is 0. The molecule has 24 heavy (non-hydrogen) atoms. The Hall–Kier alpha value is -1.88. The molecule has 1 amide bonds. The number of carbonyl (C=O) groups is 1. The van der Waals surface area contributed by atoms with Gasteiger partial charge in [-0.1, -0.05) is 54.1 Å². The predicted molar refractivity (Wildman–Crippen MR) is 95.1 cm³/mol. The molecule has 3 rings (SSSR count). The monoisotopic (exact) mass is 344 g/mol. The third kappa shape index (κ3) is 4.57. The van der Waals surface area contributed by atoms with Gasteiger partial charge in [-0.15, -0.1) is 0 Å². The van der Waals surface area contributed by atoms with Crippen LogP contribution in [-0.4, -0.2) is 31.7 Å². The Morgan fingerprint density at radius 2 is 2.00 bits per heavy atom. The molecule has 0 saturated carbocycles. The highest BCUT2D eigenvalue weighted by molar-refractivity contribution is 6.30. The summed E-state index contributed by atoms with van der Waals surface area (Å²) in [6.07, 6.45) is 0.393. The average molecular weight is 345 g/mol. The first-order chi connectivity index (χ1) is 11.7. The van der Waals surface area contributed by atoms with Gasteiger partial charge in [0.15, 0.2) is 0 Å². The first-order valence-electron chi connectivity index (χ1n) is 8.13. The van der Waals surface area contributed by atoms with E-state index in [2.05, 4.69) is 10.6 Å². The van der Waals surface area contributed by atoms with Crippen LogP contribution in [0.5, 0.6) is 0 Å². The molecule has 2 aromatic rings. The van der Waals surface area contributed by atoms with Gasteiger partial charge >= 0.3 is 0 Å². The highest BCUT2D eigenvalue weighted by atomic mass is 35.5. The lowest BCUT2D eigenvalue weighted by molar-refractivity contribution is -0.122. The summed E-state index contributed by atoms with van der Waals surface area (Å²) in [5.41, 5.74) is 2.00. The molecule has 126 valence electrons. The number of benzene rings is 2. The lowest BCUT2D eigenvalue weighted by atomic mass is 9.98. The number of nitrogens with one attached hydrogen (secondary N) is 2. The van der Waals surface area contributed by atoms with Crippen LogP contribution in [0.2, 0.25) is 5.02 Å². The van der Waals surface area contributed by atoms with Crippen molar-refractivity contribution >= 4 is 17.5 Å². The van der Waals surface area contributed by atoms with Crippen molar-refractivity contribution in [3.05, 3.63) is 70.7 Å². The number of hydrogen-bond donors (Lipinski definition) is 2. The molecular weight excluding hydrogens is 324 g/mol. The van der Waals surface area contributed by atoms with Crippen LogP contribution >= 0.6 is 11.6 Å². The van der Waals surface area contributed by atoms with E-state index in [4.69, 9.17) is 16.3 Å². The summed E-state index contributed by atoms with van der Waals surface area (Å²) < 4.78 is 5.41. The molecule has 1 aliphatic rings. The van der Waals surface area contributed by atoms with Crippen molar-refractivity contribution in [2.45, 2.75) is 18.5 Å². The van der Waals surface area contributed by atoms with E-state index >= 15 is 0 Å². The molecule has 2 unspecified atom stereocenters. The highest BCUT2D eigenvalue weighted by Gasteiger charge is 2.21. The quantitative estimate of drug-likeness (QED) is 0.876. The zero-order valence-electron chi connectivity index (χ0n) is 13.4. The Morgan fingerprint density at radius 1 is 1.21 bits per heavy atom. The van der Waals surface area contributed by atoms with Crippen LogP contribution in [0.1, 0.15) is 23.6 Å². The van der Waals surface area contributed by atoms with Crippen molar-refractivity contribution in [1.82, 2.24) is 10.6 Å². The highest BCUT2D eigenvalue weighted by Crippen LogP contribution is 2.24. The third-order valence-corrected chi connectivity index (χ3v) is 4.29. The Morgan fingerprint density at radius 3 is 2.71 bits per heavy atom. The Kier molecular flexibility index (Phi) is 5.86. The molecule has 2 N–H and O–H groups in total. The molecular formula is C19H21ClN2O2. The maximum absolute atomic E-state index is 12.5. The summed E-state index contributed by atoms with van der Waals surface area (Å²) in [6.45, 7) is 2.06. The first kappa shape index (κ1) is 17.0. The van der Waals surface area contributed by atoms with Crippen LogP contribution in [0.4, 0.5) is 0 Å². The summed E-state index contributed by atoms with van der Waals surface area (Å²) in [5.74, 6) is -0.00757. The second-order valence-electron chi connectivity index (χ2n) is 5.90. The van der Waals surface area contributed by atoms with Crippen molar-refractivity contribution in [2.24, 2.45) is 0 Å². The number of ether oxygens (including phenoxy) is 1. The van der Waals surface area contributed by atoms with Crippen LogP contribution in [0, 0.1) is 0 Å². The molecule has 1 heterocycles. The molecule has 1 aliphatic heterocycles. The Labute approximate surface area is 147 Å². The molecule has 2 atom stereocenters. The minimum atomic E-state index is -0.220. The largest absolute Gasteiger partial charge is 0.378 e. The fourth-order valence-corrected chi connectivity index (χ4v) is 3.08. The predicted octanol–water partition coefficient (Wildman–Crippen LogP) is 2.92. The van der Waals surface area contributed by atoms with Gasteiger partial charge in [-0.25, -0.2) is 0 Å². The smallest absolute Gasteiger partial charge is 0.222 e. The van der Waals surface area contributed by atoms with Gasteiger partial charge in [-0.2, -0.15) is 0 Å². The second kappa shape index (κ2) is 8.29. The van der Waals surface area contributed by atoms with Gasteiger partial charge in [0.05, 0.1) is 19.3 Å². The van der Waals surface area contributed by atoms with E-state index in [-0.39, 0.29) is 18.0 Å². The third-order valence-electron chi connectivity index (χ3n) is 4.05. The summed E-state index contributed by atoms with van der Waals surface area (Å²) in [4.78, 5) is 12.5. The summed E-state index contributed by atoms with van der Waals surface area (Å²) in [5, 5.41) is 7.09. The van der Waals surface area contributed by atoms with Gasteiger partial charge in [0, 0.05) is 24.0 Å². The molecule has 5 heteroatoms. The lowest BCUT2D eigenvalue weighted by Crippen LogP contribution is -2.44. The molecule has 0 aromatic heterocycles. The van der Waals surface area contributed by atoms with Crippen molar-refractivity contribution in [1.29, 1.82) is 0 Å². The molecule has 0 aliphatic carbocycles. The fourth-order valence-electron chi connectivity index (χ4n) is 2.89. The van der Waals surface area contributed by atoms with E-state index in [1.807, 2.05) is 54.6 Å². The number of rotatable bonds is 5. The van der Waals surface area contributed by atoms with E-state index in [0.29, 0.717) is 24.7 Å². The first-order valence-corrected chi connectivity index (χ1v) is 8.51. The van der Waals surface area contributed by atoms with Crippen molar-refractivity contribution in [3.8, 4) is 0 Å². The maximum Gasteiger partial charge on any atom is 0.222 e. The van der Waals surface area contributed by atoms with E-state index < -0.39 is 0 Å². The van der Waals surface area contributed by atoms with Gasteiger partial charge < -0.3 is 15.4 Å². The Balaban J connectivity index is 1.76. The van der Waals surface area contributed by atoms with Crippen LogP contribution < -0.4 is 10.6 Å². The van der Waals surface area contributed by atoms with Crippen LogP contribution in [0.15, 0.2) is 54.6 Å². The molecule has 0 bridgehead atoms. The standard InChI is InChI=1S/C19H21ClN2O2/c20-16-8-4-7-15(11-16)19(14-5-2-1-3-6-14)22-18(23)12-17-13-24-10-9-21-17/h1-8,11,17,19,21H,9-10,12-13H2,(H,22,23). The molecule has 0 radical (unpaired) electrons. The number of halogens is 1. The van der Waals surface area contributed by atoms with Crippen molar-refractivity contribution < 1.29 is 9.53 Å².